The fourth-order valence-corrected chi connectivity index (χ4v) is 2.06. The van der Waals surface area contributed by atoms with E-state index in [4.69, 9.17) is 11.5 Å². The standard InChI is InChI=1S/C9H20N2/c1-7-2-3-8(5-10)4-9(7)6-11/h7-9H,2-6,10-11H2,1H3/t7-,8?,9?/m0/s1. The molecule has 0 spiro atoms. The first-order valence-corrected chi connectivity index (χ1v) is 4.68. The van der Waals surface area contributed by atoms with Gasteiger partial charge >= 0.3 is 0 Å². The van der Waals surface area contributed by atoms with E-state index in [-0.39, 0.29) is 0 Å². The second-order valence-corrected chi connectivity index (χ2v) is 3.89. The highest BCUT2D eigenvalue weighted by molar-refractivity contribution is 4.78. The summed E-state index contributed by atoms with van der Waals surface area (Å²) in [5.74, 6) is 2.31. The normalized spacial score (nSPS) is 39.0. The van der Waals surface area contributed by atoms with Crippen molar-refractivity contribution < 1.29 is 0 Å². The van der Waals surface area contributed by atoms with E-state index in [1.54, 1.807) is 0 Å². The molecule has 66 valence electrons. The molecule has 0 aliphatic heterocycles. The lowest BCUT2D eigenvalue weighted by Gasteiger charge is -2.32. The van der Waals surface area contributed by atoms with E-state index < -0.39 is 0 Å². The molecule has 3 atom stereocenters. The largest absolute Gasteiger partial charge is 0.330 e. The topological polar surface area (TPSA) is 52.0 Å². The molecular formula is C9H20N2. The van der Waals surface area contributed by atoms with Gasteiger partial charge in [0.05, 0.1) is 0 Å². The van der Waals surface area contributed by atoms with E-state index in [0.717, 1.165) is 30.8 Å². The number of hydrogen-bond acceptors (Lipinski definition) is 2. The SMILES string of the molecule is C[C@H]1CCC(CN)CC1CN. The highest BCUT2D eigenvalue weighted by atomic mass is 14.6. The molecule has 0 amide bonds. The molecule has 0 aromatic rings. The van der Waals surface area contributed by atoms with Gasteiger partial charge in [-0.3, -0.25) is 0 Å². The molecule has 1 saturated carbocycles. The van der Waals surface area contributed by atoms with Crippen molar-refractivity contribution in [2.24, 2.45) is 29.2 Å². The Morgan fingerprint density at radius 1 is 1.18 bits per heavy atom. The highest BCUT2D eigenvalue weighted by Crippen LogP contribution is 2.32. The summed E-state index contributed by atoms with van der Waals surface area (Å²) in [4.78, 5) is 0. The van der Waals surface area contributed by atoms with Gasteiger partial charge in [0.15, 0.2) is 0 Å². The summed E-state index contributed by atoms with van der Waals surface area (Å²) in [7, 11) is 0. The number of nitrogens with two attached hydrogens (primary N) is 2. The predicted molar refractivity (Wildman–Crippen MR) is 48.1 cm³/mol. The molecule has 2 nitrogen and oxygen atoms in total. The lowest BCUT2D eigenvalue weighted by atomic mass is 9.75. The molecular weight excluding hydrogens is 136 g/mol. The molecule has 0 aromatic carbocycles. The van der Waals surface area contributed by atoms with Crippen LogP contribution in [-0.2, 0) is 0 Å². The first kappa shape index (κ1) is 9.01. The molecule has 4 N–H and O–H groups in total. The van der Waals surface area contributed by atoms with Gasteiger partial charge in [0.25, 0.3) is 0 Å². The van der Waals surface area contributed by atoms with Crippen LogP contribution in [0.25, 0.3) is 0 Å². The lowest BCUT2D eigenvalue weighted by molar-refractivity contribution is 0.202. The molecule has 11 heavy (non-hydrogen) atoms. The first-order valence-electron chi connectivity index (χ1n) is 4.68. The van der Waals surface area contributed by atoms with Crippen LogP contribution in [0, 0.1) is 17.8 Å². The maximum Gasteiger partial charge on any atom is -0.00462 e. The van der Waals surface area contributed by atoms with Crippen molar-refractivity contribution in [3.63, 3.8) is 0 Å². The Morgan fingerprint density at radius 2 is 1.91 bits per heavy atom. The average molecular weight is 156 g/mol. The Hall–Kier alpha value is -0.0800. The molecule has 0 radical (unpaired) electrons. The van der Waals surface area contributed by atoms with Crippen LogP contribution < -0.4 is 11.5 Å². The summed E-state index contributed by atoms with van der Waals surface area (Å²) < 4.78 is 0. The molecule has 2 unspecified atom stereocenters. The first-order chi connectivity index (χ1) is 5.27. The van der Waals surface area contributed by atoms with Gasteiger partial charge in [-0.25, -0.2) is 0 Å². The second kappa shape index (κ2) is 4.07. The average Bonchev–Trinajstić information content (AvgIpc) is 2.05. The minimum Gasteiger partial charge on any atom is -0.330 e. The summed E-state index contributed by atoms with van der Waals surface area (Å²) in [6.45, 7) is 4.01. The zero-order chi connectivity index (χ0) is 8.27. The van der Waals surface area contributed by atoms with Gasteiger partial charge in [-0.05, 0) is 43.7 Å². The third-order valence-corrected chi connectivity index (χ3v) is 3.11. The molecule has 0 saturated heterocycles. The quantitative estimate of drug-likeness (QED) is 0.625. The van der Waals surface area contributed by atoms with Gasteiger partial charge < -0.3 is 11.5 Å². The monoisotopic (exact) mass is 156 g/mol. The van der Waals surface area contributed by atoms with Crippen LogP contribution in [0.5, 0.6) is 0 Å². The molecule has 1 aliphatic rings. The van der Waals surface area contributed by atoms with Crippen molar-refractivity contribution in [1.29, 1.82) is 0 Å². The van der Waals surface area contributed by atoms with Crippen LogP contribution in [0.2, 0.25) is 0 Å². The van der Waals surface area contributed by atoms with Crippen molar-refractivity contribution in [2.45, 2.75) is 26.2 Å². The van der Waals surface area contributed by atoms with E-state index in [9.17, 15) is 0 Å². The zero-order valence-corrected chi connectivity index (χ0v) is 7.42. The van der Waals surface area contributed by atoms with Crippen molar-refractivity contribution in [1.82, 2.24) is 0 Å². The zero-order valence-electron chi connectivity index (χ0n) is 7.42. The summed E-state index contributed by atoms with van der Waals surface area (Å²) in [6, 6.07) is 0. The van der Waals surface area contributed by atoms with Gasteiger partial charge in [-0.15, -0.1) is 0 Å². The van der Waals surface area contributed by atoms with Crippen molar-refractivity contribution in [3.8, 4) is 0 Å². The maximum absolute atomic E-state index is 5.67. The van der Waals surface area contributed by atoms with Crippen LogP contribution >= 0.6 is 0 Å². The van der Waals surface area contributed by atoms with Crippen LogP contribution in [-0.4, -0.2) is 13.1 Å². The molecule has 1 rings (SSSR count). The van der Waals surface area contributed by atoms with Crippen LogP contribution in [0.15, 0.2) is 0 Å². The lowest BCUT2D eigenvalue weighted by Crippen LogP contribution is -2.31. The highest BCUT2D eigenvalue weighted by Gasteiger charge is 2.25. The van der Waals surface area contributed by atoms with Crippen LogP contribution in [0.4, 0.5) is 0 Å². The minimum absolute atomic E-state index is 0.734. The van der Waals surface area contributed by atoms with E-state index in [0.29, 0.717) is 0 Å². The smallest absolute Gasteiger partial charge is 0.00462 e. The van der Waals surface area contributed by atoms with Gasteiger partial charge in [0.1, 0.15) is 0 Å². The van der Waals surface area contributed by atoms with Crippen molar-refractivity contribution in [2.75, 3.05) is 13.1 Å². The maximum atomic E-state index is 5.67. The molecule has 1 aliphatic carbocycles. The number of hydrogen-bond donors (Lipinski definition) is 2. The summed E-state index contributed by atoms with van der Waals surface area (Å²) in [6.07, 6.45) is 3.89. The van der Waals surface area contributed by atoms with Crippen LogP contribution in [0.1, 0.15) is 26.2 Å². The van der Waals surface area contributed by atoms with Gasteiger partial charge in [-0.1, -0.05) is 13.3 Å². The van der Waals surface area contributed by atoms with Crippen molar-refractivity contribution >= 4 is 0 Å². The third-order valence-electron chi connectivity index (χ3n) is 3.11. The Balaban J connectivity index is 2.37. The Kier molecular flexibility index (Phi) is 3.34. The van der Waals surface area contributed by atoms with Gasteiger partial charge in [0.2, 0.25) is 0 Å². The van der Waals surface area contributed by atoms with Gasteiger partial charge in [0, 0.05) is 0 Å². The summed E-state index contributed by atoms with van der Waals surface area (Å²) in [5.41, 5.74) is 11.3. The molecule has 0 heterocycles. The van der Waals surface area contributed by atoms with E-state index in [1.165, 1.54) is 19.3 Å². The van der Waals surface area contributed by atoms with E-state index in [1.807, 2.05) is 0 Å². The van der Waals surface area contributed by atoms with Crippen molar-refractivity contribution in [3.05, 3.63) is 0 Å². The third kappa shape index (κ3) is 2.17. The van der Waals surface area contributed by atoms with Gasteiger partial charge in [-0.2, -0.15) is 0 Å². The fraction of sp³-hybridized carbons (Fsp3) is 1.00. The minimum atomic E-state index is 0.734. The van der Waals surface area contributed by atoms with E-state index >= 15 is 0 Å². The number of rotatable bonds is 2. The molecule has 0 bridgehead atoms. The summed E-state index contributed by atoms with van der Waals surface area (Å²) in [5, 5.41) is 0. The Bertz CT molecular complexity index is 114. The Labute approximate surface area is 69.3 Å². The molecule has 2 heteroatoms. The molecule has 1 fully saturated rings. The summed E-state index contributed by atoms with van der Waals surface area (Å²) >= 11 is 0. The second-order valence-electron chi connectivity index (χ2n) is 3.89. The fourth-order valence-electron chi connectivity index (χ4n) is 2.06. The predicted octanol–water partition coefficient (Wildman–Crippen LogP) is 0.956. The Morgan fingerprint density at radius 3 is 2.45 bits per heavy atom. The van der Waals surface area contributed by atoms with Crippen LogP contribution in [0.3, 0.4) is 0 Å². The van der Waals surface area contributed by atoms with E-state index in [2.05, 4.69) is 6.92 Å². The molecule has 0 aromatic heterocycles.